The van der Waals surface area contributed by atoms with E-state index in [2.05, 4.69) is 41.9 Å². The van der Waals surface area contributed by atoms with Gasteiger partial charge in [0.2, 0.25) is 0 Å². The molecule has 1 saturated heterocycles. The smallest absolute Gasteiger partial charge is 0.0950 e. The molecule has 1 aliphatic rings. The van der Waals surface area contributed by atoms with Crippen molar-refractivity contribution in [1.29, 1.82) is 0 Å². The quantitative estimate of drug-likeness (QED) is 0.935. The summed E-state index contributed by atoms with van der Waals surface area (Å²) in [5.41, 5.74) is 3.51. The molecular weight excluding hydrogens is 264 g/mol. The molecule has 2 aromatic rings. The topological polar surface area (TPSA) is 45.6 Å². The molecule has 0 saturated carbocycles. The molecular formula is C17H22N2O2. The van der Waals surface area contributed by atoms with Crippen LogP contribution in [0.1, 0.15) is 18.1 Å². The third kappa shape index (κ3) is 2.79. The first-order valence-corrected chi connectivity index (χ1v) is 7.53. The van der Waals surface area contributed by atoms with Crippen LogP contribution in [0.15, 0.2) is 30.5 Å². The molecule has 0 bridgehead atoms. The first-order valence-electron chi connectivity index (χ1n) is 7.53. The van der Waals surface area contributed by atoms with Crippen molar-refractivity contribution < 1.29 is 9.84 Å². The highest BCUT2D eigenvalue weighted by Crippen LogP contribution is 2.23. The summed E-state index contributed by atoms with van der Waals surface area (Å²) in [6.07, 6.45) is 1.45. The Kier molecular flexibility index (Phi) is 4.19. The average molecular weight is 286 g/mol. The molecule has 1 fully saturated rings. The summed E-state index contributed by atoms with van der Waals surface area (Å²) >= 11 is 0. The Hall–Kier alpha value is -1.49. The van der Waals surface area contributed by atoms with Crippen molar-refractivity contribution in [3.8, 4) is 0 Å². The van der Waals surface area contributed by atoms with Crippen molar-refractivity contribution in [3.05, 3.63) is 41.6 Å². The zero-order chi connectivity index (χ0) is 14.8. The van der Waals surface area contributed by atoms with E-state index < -0.39 is 6.10 Å². The van der Waals surface area contributed by atoms with Gasteiger partial charge < -0.3 is 9.84 Å². The van der Waals surface area contributed by atoms with Crippen molar-refractivity contribution in [2.75, 3.05) is 19.8 Å². The van der Waals surface area contributed by atoms with Crippen LogP contribution in [0.2, 0.25) is 0 Å². The van der Waals surface area contributed by atoms with E-state index in [-0.39, 0.29) is 6.04 Å². The van der Waals surface area contributed by atoms with Gasteiger partial charge in [-0.1, -0.05) is 25.1 Å². The van der Waals surface area contributed by atoms with E-state index in [0.29, 0.717) is 13.2 Å². The lowest BCUT2D eigenvalue weighted by atomic mass is 10.0. The molecule has 2 heterocycles. The van der Waals surface area contributed by atoms with E-state index in [1.54, 1.807) is 0 Å². The zero-order valence-electron chi connectivity index (χ0n) is 12.6. The molecule has 1 aromatic heterocycles. The number of aryl methyl sites for hydroxylation is 1. The van der Waals surface area contributed by atoms with Crippen molar-refractivity contribution in [2.24, 2.45) is 0 Å². The maximum atomic E-state index is 10.0. The van der Waals surface area contributed by atoms with E-state index in [0.717, 1.165) is 18.6 Å². The summed E-state index contributed by atoms with van der Waals surface area (Å²) in [4.78, 5) is 6.83. The molecule has 112 valence electrons. The largest absolute Gasteiger partial charge is 0.389 e. The van der Waals surface area contributed by atoms with E-state index in [4.69, 9.17) is 4.74 Å². The van der Waals surface area contributed by atoms with Gasteiger partial charge in [-0.2, -0.15) is 0 Å². The Labute approximate surface area is 125 Å². The minimum absolute atomic E-state index is 0.0788. The van der Waals surface area contributed by atoms with Crippen LogP contribution in [-0.2, 0) is 11.3 Å². The number of aliphatic hydroxyl groups is 1. The van der Waals surface area contributed by atoms with Gasteiger partial charge in [-0.05, 0) is 30.7 Å². The molecule has 0 amide bonds. The second-order valence-electron chi connectivity index (χ2n) is 5.68. The number of ether oxygens (including phenoxy) is 1. The first-order chi connectivity index (χ1) is 10.2. The molecule has 2 atom stereocenters. The normalized spacial score (nSPS) is 22.3. The van der Waals surface area contributed by atoms with Crippen LogP contribution in [0.5, 0.6) is 0 Å². The van der Waals surface area contributed by atoms with Gasteiger partial charge in [0.15, 0.2) is 0 Å². The number of aromatic nitrogens is 1. The molecule has 21 heavy (non-hydrogen) atoms. The summed E-state index contributed by atoms with van der Waals surface area (Å²) in [6, 6.07) is 8.47. The number of nitrogens with zero attached hydrogens (tertiary/aromatic N) is 2. The second kappa shape index (κ2) is 6.10. The molecule has 0 spiro atoms. The standard InChI is InChI=1S/C17H22N2O2/c1-3-19(15-10-21-11-16(15)20)9-13-7-6-12(2)14-5-4-8-18-17(13)14/h4-8,15-16,20H,3,9-11H2,1-2H3/t15-,16-/m1/s1. The van der Waals surface area contributed by atoms with Crippen LogP contribution >= 0.6 is 0 Å². The van der Waals surface area contributed by atoms with Crippen molar-refractivity contribution in [2.45, 2.75) is 32.5 Å². The summed E-state index contributed by atoms with van der Waals surface area (Å²) in [7, 11) is 0. The van der Waals surface area contributed by atoms with Gasteiger partial charge in [0.05, 0.1) is 30.9 Å². The van der Waals surface area contributed by atoms with E-state index >= 15 is 0 Å². The van der Waals surface area contributed by atoms with Gasteiger partial charge in [-0.25, -0.2) is 0 Å². The lowest BCUT2D eigenvalue weighted by Gasteiger charge is -2.29. The Morgan fingerprint density at radius 1 is 1.33 bits per heavy atom. The maximum Gasteiger partial charge on any atom is 0.0950 e. The van der Waals surface area contributed by atoms with Gasteiger partial charge in [-0.15, -0.1) is 0 Å². The number of hydrogen-bond donors (Lipinski definition) is 1. The monoisotopic (exact) mass is 286 g/mol. The number of benzene rings is 1. The fraction of sp³-hybridized carbons (Fsp3) is 0.471. The number of pyridine rings is 1. The van der Waals surface area contributed by atoms with Crippen LogP contribution in [0.25, 0.3) is 10.9 Å². The molecule has 1 N–H and O–H groups in total. The number of hydrogen-bond acceptors (Lipinski definition) is 4. The highest BCUT2D eigenvalue weighted by molar-refractivity contribution is 5.84. The van der Waals surface area contributed by atoms with Crippen molar-refractivity contribution in [3.63, 3.8) is 0 Å². The zero-order valence-corrected chi connectivity index (χ0v) is 12.6. The number of aliphatic hydroxyl groups excluding tert-OH is 1. The third-order valence-electron chi connectivity index (χ3n) is 4.34. The van der Waals surface area contributed by atoms with Gasteiger partial charge >= 0.3 is 0 Å². The number of likely N-dealkylation sites (N-methyl/N-ethyl adjacent to an activating group) is 1. The Bertz CT molecular complexity index is 629. The lowest BCUT2D eigenvalue weighted by Crippen LogP contribution is -2.42. The lowest BCUT2D eigenvalue weighted by molar-refractivity contribution is 0.0810. The van der Waals surface area contributed by atoms with E-state index in [1.165, 1.54) is 16.5 Å². The second-order valence-corrected chi connectivity index (χ2v) is 5.68. The van der Waals surface area contributed by atoms with Crippen LogP contribution in [0, 0.1) is 6.92 Å². The van der Waals surface area contributed by atoms with E-state index in [9.17, 15) is 5.11 Å². The van der Waals surface area contributed by atoms with Gasteiger partial charge in [0, 0.05) is 18.1 Å². The molecule has 0 radical (unpaired) electrons. The number of rotatable bonds is 4. The van der Waals surface area contributed by atoms with Crippen LogP contribution in [0.3, 0.4) is 0 Å². The summed E-state index contributed by atoms with van der Waals surface area (Å²) < 4.78 is 5.39. The number of fused-ring (bicyclic) bond motifs is 1. The Morgan fingerprint density at radius 3 is 2.90 bits per heavy atom. The highest BCUT2D eigenvalue weighted by atomic mass is 16.5. The highest BCUT2D eigenvalue weighted by Gasteiger charge is 2.31. The van der Waals surface area contributed by atoms with Crippen LogP contribution in [0.4, 0.5) is 0 Å². The van der Waals surface area contributed by atoms with Crippen LogP contribution < -0.4 is 0 Å². The van der Waals surface area contributed by atoms with E-state index in [1.807, 2.05) is 12.3 Å². The molecule has 4 nitrogen and oxygen atoms in total. The predicted octanol–water partition coefficient (Wildman–Crippen LogP) is 2.12. The van der Waals surface area contributed by atoms with Gasteiger partial charge in [-0.3, -0.25) is 9.88 Å². The molecule has 0 unspecified atom stereocenters. The predicted molar refractivity (Wildman–Crippen MR) is 83.2 cm³/mol. The Morgan fingerprint density at radius 2 is 2.19 bits per heavy atom. The Balaban J connectivity index is 1.92. The fourth-order valence-electron chi connectivity index (χ4n) is 3.06. The van der Waals surface area contributed by atoms with Crippen molar-refractivity contribution in [1.82, 2.24) is 9.88 Å². The minimum Gasteiger partial charge on any atom is -0.389 e. The molecule has 0 aliphatic carbocycles. The molecule has 1 aliphatic heterocycles. The van der Waals surface area contributed by atoms with Gasteiger partial charge in [0.25, 0.3) is 0 Å². The van der Waals surface area contributed by atoms with Gasteiger partial charge in [0.1, 0.15) is 0 Å². The molecule has 3 rings (SSSR count). The average Bonchev–Trinajstić information content (AvgIpc) is 2.93. The first kappa shape index (κ1) is 14.4. The maximum absolute atomic E-state index is 10.0. The minimum atomic E-state index is -0.394. The summed E-state index contributed by atoms with van der Waals surface area (Å²) in [5, 5.41) is 11.2. The van der Waals surface area contributed by atoms with Crippen molar-refractivity contribution >= 4 is 10.9 Å². The molecule has 4 heteroatoms. The molecule has 1 aromatic carbocycles. The SMILES string of the molecule is CCN(Cc1ccc(C)c2cccnc12)[C@@H]1COC[C@H]1O. The van der Waals surface area contributed by atoms with Crippen LogP contribution in [-0.4, -0.2) is 46.9 Å². The summed E-state index contributed by atoms with van der Waals surface area (Å²) in [6.45, 7) is 6.94. The third-order valence-corrected chi connectivity index (χ3v) is 4.34. The fourth-order valence-corrected chi connectivity index (χ4v) is 3.06. The summed E-state index contributed by atoms with van der Waals surface area (Å²) in [5.74, 6) is 0.